The first kappa shape index (κ1) is 71.8. The smallest absolute Gasteiger partial charge is 0.306 e. The van der Waals surface area contributed by atoms with Crippen LogP contribution in [0.1, 0.15) is 284 Å². The molecule has 0 spiro atoms. The second-order valence-electron chi connectivity index (χ2n) is 20.6. The summed E-state index contributed by atoms with van der Waals surface area (Å²) in [7, 11) is 0. The summed E-state index contributed by atoms with van der Waals surface area (Å²) >= 11 is 0. The minimum atomic E-state index is -0.791. The Kier molecular flexibility index (Phi) is 59.9. The fraction of sp³-hybridized carbons (Fsp3) is 0.671. The molecule has 1 unspecified atom stereocenters. The molecule has 0 fully saturated rings. The average Bonchev–Trinajstić information content (AvgIpc) is 3.42. The molecule has 0 amide bonds. The van der Waals surface area contributed by atoms with Gasteiger partial charge in [-0.1, -0.05) is 271 Å². The van der Waals surface area contributed by atoms with Gasteiger partial charge in [-0.25, -0.2) is 0 Å². The summed E-state index contributed by atoms with van der Waals surface area (Å²) in [5, 5.41) is 0. The predicted octanol–water partition coefficient (Wildman–Crippen LogP) is 21.6. The van der Waals surface area contributed by atoms with Gasteiger partial charge >= 0.3 is 17.9 Å². The number of esters is 3. The minimum Gasteiger partial charge on any atom is -0.462 e. The van der Waals surface area contributed by atoms with Gasteiger partial charge in [-0.15, -0.1) is 0 Å². The molecular formula is C70H116O6. The molecule has 0 N–H and O–H groups in total. The molecule has 1 atom stereocenters. The highest BCUT2D eigenvalue weighted by atomic mass is 16.6. The van der Waals surface area contributed by atoms with Crippen LogP contribution in [0.4, 0.5) is 0 Å². The van der Waals surface area contributed by atoms with Gasteiger partial charge < -0.3 is 14.2 Å². The number of allylic oxidation sites excluding steroid dienone is 20. The number of rotatable bonds is 56. The van der Waals surface area contributed by atoms with E-state index in [1.165, 1.54) is 109 Å². The summed E-state index contributed by atoms with van der Waals surface area (Å²) in [4.78, 5) is 38.2. The van der Waals surface area contributed by atoms with E-state index >= 15 is 0 Å². The standard InChI is InChI=1S/C70H116O6/c1-4-7-10-13-16-19-22-24-26-28-30-31-32-33-34-35-36-37-38-39-41-42-44-46-48-51-54-57-60-63-69(72)75-66-67(65-74-68(71)62-59-56-53-50-21-18-15-12-9-6-3)76-70(73)64-61-58-55-52-49-47-45-43-40-29-27-25-23-20-17-14-11-8-5-2/h7,10,16-17,19-20,24-27,30-31,33-34,36-37,39-41,43,67H,4-6,8-9,11-15,18,21-23,28-29,32,35,38,42,44-66H2,1-3H3/b10-7-,19-16-,20-17-,26-24-,27-25-,31-30-,34-33-,37-36-,41-39-,43-40-. The van der Waals surface area contributed by atoms with Crippen molar-refractivity contribution in [3.05, 3.63) is 122 Å². The zero-order chi connectivity index (χ0) is 55.0. The van der Waals surface area contributed by atoms with E-state index in [1.54, 1.807) is 0 Å². The molecule has 0 aliphatic heterocycles. The van der Waals surface area contributed by atoms with Gasteiger partial charge in [0, 0.05) is 19.3 Å². The van der Waals surface area contributed by atoms with Gasteiger partial charge in [0.1, 0.15) is 13.2 Å². The quantitative estimate of drug-likeness (QED) is 0.0261. The maximum absolute atomic E-state index is 12.9. The number of hydrogen-bond donors (Lipinski definition) is 0. The van der Waals surface area contributed by atoms with E-state index in [1.807, 2.05) is 0 Å². The minimum absolute atomic E-state index is 0.0872. The van der Waals surface area contributed by atoms with Crippen molar-refractivity contribution in [1.82, 2.24) is 0 Å². The third kappa shape index (κ3) is 60.7. The monoisotopic (exact) mass is 1050 g/mol. The molecule has 0 heterocycles. The summed E-state index contributed by atoms with van der Waals surface area (Å²) in [5.74, 6) is -0.910. The number of unbranched alkanes of at least 4 members (excludes halogenated alkanes) is 25. The van der Waals surface area contributed by atoms with Crippen LogP contribution in [0.15, 0.2) is 122 Å². The van der Waals surface area contributed by atoms with Crippen LogP contribution in [0, 0.1) is 0 Å². The topological polar surface area (TPSA) is 78.9 Å². The lowest BCUT2D eigenvalue weighted by atomic mass is 10.1. The molecular weight excluding hydrogens is 937 g/mol. The maximum Gasteiger partial charge on any atom is 0.306 e. The number of hydrogen-bond acceptors (Lipinski definition) is 6. The zero-order valence-corrected chi connectivity index (χ0v) is 49.5. The lowest BCUT2D eigenvalue weighted by Gasteiger charge is -2.18. The zero-order valence-electron chi connectivity index (χ0n) is 49.5. The molecule has 0 radical (unpaired) electrons. The summed E-state index contributed by atoms with van der Waals surface area (Å²) in [6.07, 6.45) is 87.7. The van der Waals surface area contributed by atoms with Crippen molar-refractivity contribution in [3.63, 3.8) is 0 Å². The van der Waals surface area contributed by atoms with Gasteiger partial charge in [-0.2, -0.15) is 0 Å². The van der Waals surface area contributed by atoms with E-state index in [9.17, 15) is 14.4 Å². The maximum atomic E-state index is 12.9. The first-order valence-corrected chi connectivity index (χ1v) is 31.5. The third-order valence-electron chi connectivity index (χ3n) is 13.2. The Bertz CT molecular complexity index is 1590. The molecule has 432 valence electrons. The fourth-order valence-corrected chi connectivity index (χ4v) is 8.49. The molecule has 0 aliphatic rings. The fourth-order valence-electron chi connectivity index (χ4n) is 8.49. The molecule has 0 bridgehead atoms. The van der Waals surface area contributed by atoms with E-state index in [2.05, 4.69) is 142 Å². The van der Waals surface area contributed by atoms with Crippen LogP contribution < -0.4 is 0 Å². The lowest BCUT2D eigenvalue weighted by molar-refractivity contribution is -0.167. The summed E-state index contributed by atoms with van der Waals surface area (Å²) < 4.78 is 16.9. The van der Waals surface area contributed by atoms with Crippen molar-refractivity contribution in [3.8, 4) is 0 Å². The van der Waals surface area contributed by atoms with E-state index in [0.29, 0.717) is 19.3 Å². The first-order valence-electron chi connectivity index (χ1n) is 31.5. The van der Waals surface area contributed by atoms with Crippen LogP contribution in [-0.4, -0.2) is 37.2 Å². The van der Waals surface area contributed by atoms with Crippen molar-refractivity contribution in [2.75, 3.05) is 13.2 Å². The van der Waals surface area contributed by atoms with E-state index in [4.69, 9.17) is 14.2 Å². The van der Waals surface area contributed by atoms with Crippen molar-refractivity contribution < 1.29 is 28.6 Å². The van der Waals surface area contributed by atoms with E-state index in [0.717, 1.165) is 135 Å². The van der Waals surface area contributed by atoms with Crippen molar-refractivity contribution in [2.45, 2.75) is 290 Å². The molecule has 0 saturated carbocycles. The normalized spacial score (nSPS) is 12.9. The highest BCUT2D eigenvalue weighted by Crippen LogP contribution is 2.15. The van der Waals surface area contributed by atoms with E-state index in [-0.39, 0.29) is 31.1 Å². The van der Waals surface area contributed by atoms with Crippen LogP contribution in [0.2, 0.25) is 0 Å². The van der Waals surface area contributed by atoms with Crippen LogP contribution >= 0.6 is 0 Å². The number of ether oxygens (including phenoxy) is 3. The average molecular weight is 1050 g/mol. The van der Waals surface area contributed by atoms with Gasteiger partial charge in [0.2, 0.25) is 0 Å². The van der Waals surface area contributed by atoms with Crippen LogP contribution in [-0.2, 0) is 28.6 Å². The molecule has 0 aromatic heterocycles. The van der Waals surface area contributed by atoms with Gasteiger partial charge in [0.05, 0.1) is 0 Å². The summed E-state index contributed by atoms with van der Waals surface area (Å²) in [6, 6.07) is 0. The highest BCUT2D eigenvalue weighted by molar-refractivity contribution is 5.71. The molecule has 0 aliphatic carbocycles. The van der Waals surface area contributed by atoms with Gasteiger partial charge in [-0.05, 0) is 116 Å². The van der Waals surface area contributed by atoms with Crippen molar-refractivity contribution >= 4 is 17.9 Å². The Balaban J connectivity index is 4.31. The van der Waals surface area contributed by atoms with E-state index < -0.39 is 6.10 Å². The molecule has 6 nitrogen and oxygen atoms in total. The molecule has 6 heteroatoms. The molecule has 0 aromatic carbocycles. The van der Waals surface area contributed by atoms with Crippen LogP contribution in [0.3, 0.4) is 0 Å². The van der Waals surface area contributed by atoms with Gasteiger partial charge in [0.25, 0.3) is 0 Å². The van der Waals surface area contributed by atoms with Gasteiger partial charge in [0.15, 0.2) is 6.10 Å². The number of carbonyl (C=O) groups excluding carboxylic acids is 3. The van der Waals surface area contributed by atoms with Crippen LogP contribution in [0.5, 0.6) is 0 Å². The Labute approximate surface area is 469 Å². The third-order valence-corrected chi connectivity index (χ3v) is 13.2. The molecule has 0 aromatic rings. The Morgan fingerprint density at radius 1 is 0.276 bits per heavy atom. The van der Waals surface area contributed by atoms with Crippen molar-refractivity contribution in [2.24, 2.45) is 0 Å². The molecule has 76 heavy (non-hydrogen) atoms. The molecule has 0 saturated heterocycles. The largest absolute Gasteiger partial charge is 0.462 e. The predicted molar refractivity (Wildman–Crippen MR) is 330 cm³/mol. The van der Waals surface area contributed by atoms with Crippen LogP contribution in [0.25, 0.3) is 0 Å². The summed E-state index contributed by atoms with van der Waals surface area (Å²) in [6.45, 7) is 6.47. The Morgan fingerprint density at radius 3 is 0.829 bits per heavy atom. The Morgan fingerprint density at radius 2 is 0.513 bits per heavy atom. The SMILES string of the molecule is CC/C=C\C/C=C\C/C=C\C/C=C\C/C=C\C/C=C\C/C=C\CCCCCCCCCC(=O)OCC(COC(=O)CCCCCCCCCCCC)OC(=O)CCCCCCCC/C=C\C/C=C\C/C=C\CCCCC. The second-order valence-corrected chi connectivity index (χ2v) is 20.6. The first-order chi connectivity index (χ1) is 37.5. The lowest BCUT2D eigenvalue weighted by Crippen LogP contribution is -2.30. The Hall–Kier alpha value is -4.19. The van der Waals surface area contributed by atoms with Crippen molar-refractivity contribution in [1.29, 1.82) is 0 Å². The van der Waals surface area contributed by atoms with Gasteiger partial charge in [-0.3, -0.25) is 14.4 Å². The summed E-state index contributed by atoms with van der Waals surface area (Å²) in [5.41, 5.74) is 0. The second kappa shape index (κ2) is 63.3. The highest BCUT2D eigenvalue weighted by Gasteiger charge is 2.19. The number of carbonyl (C=O) groups is 3. The molecule has 0 rings (SSSR count).